The molecule has 4 rings (SSSR count). The Kier molecular flexibility index (Phi) is 5.53. The molecule has 0 aliphatic rings. The molecule has 0 bridgehead atoms. The second kappa shape index (κ2) is 8.29. The normalized spacial score (nSPS) is 10.8. The molecule has 11 heteroatoms. The topological polar surface area (TPSA) is 93.0 Å². The molecule has 3 aromatic carbocycles. The van der Waals surface area contributed by atoms with Gasteiger partial charge in [-0.15, -0.1) is 0 Å². The fourth-order valence-corrected chi connectivity index (χ4v) is 2.99. The molecule has 1 heterocycles. The van der Waals surface area contributed by atoms with Crippen LogP contribution in [0.2, 0.25) is 10.0 Å². The molecule has 0 aliphatic carbocycles. The van der Waals surface area contributed by atoms with Gasteiger partial charge in [0.1, 0.15) is 11.6 Å². The minimum Gasteiger partial charge on any atom is -0.337 e. The monoisotopic (exact) mass is 461 g/mol. The zero-order chi connectivity index (χ0) is 22.1. The van der Waals surface area contributed by atoms with E-state index in [-0.39, 0.29) is 32.9 Å². The zero-order valence-corrected chi connectivity index (χ0v) is 16.9. The molecule has 1 aromatic heterocycles. The van der Waals surface area contributed by atoms with E-state index >= 15 is 0 Å². The number of non-ortho nitro benzene ring substituents is 1. The third-order valence-corrected chi connectivity index (χ3v) is 4.84. The van der Waals surface area contributed by atoms with Gasteiger partial charge in [-0.25, -0.2) is 18.7 Å². The lowest BCUT2D eigenvalue weighted by Gasteiger charge is -2.14. The number of rotatable bonds is 5. The lowest BCUT2D eigenvalue weighted by Crippen LogP contribution is -2.04. The van der Waals surface area contributed by atoms with E-state index in [4.69, 9.17) is 23.2 Å². The van der Waals surface area contributed by atoms with Crippen LogP contribution in [0.25, 0.3) is 11.0 Å². The van der Waals surface area contributed by atoms with Crippen LogP contribution < -0.4 is 10.6 Å². The summed E-state index contributed by atoms with van der Waals surface area (Å²) in [5.74, 6) is -0.973. The molecule has 2 N–H and O–H groups in total. The lowest BCUT2D eigenvalue weighted by molar-refractivity contribution is -0.384. The second-order valence-corrected chi connectivity index (χ2v) is 7.17. The molecule has 0 saturated carbocycles. The predicted octanol–water partition coefficient (Wildman–Crippen LogP) is 6.61. The maximum Gasteiger partial charge on any atom is 0.271 e. The van der Waals surface area contributed by atoms with Gasteiger partial charge in [0, 0.05) is 23.5 Å². The SMILES string of the molecule is O=[N+]([O-])c1ccc2nc(Nc3ccc(Cl)c(F)c3)c(Nc3ccc(Cl)c(F)c3)nc2c1. The van der Waals surface area contributed by atoms with E-state index in [1.54, 1.807) is 6.07 Å². The van der Waals surface area contributed by atoms with Crippen LogP contribution in [-0.2, 0) is 0 Å². The number of nitro groups is 1. The quantitative estimate of drug-likeness (QED) is 0.256. The summed E-state index contributed by atoms with van der Waals surface area (Å²) in [5, 5.41) is 16.8. The first-order valence-electron chi connectivity index (χ1n) is 8.70. The first-order valence-corrected chi connectivity index (χ1v) is 9.46. The average Bonchev–Trinajstić information content (AvgIpc) is 2.73. The summed E-state index contributed by atoms with van der Waals surface area (Å²) in [6.07, 6.45) is 0. The van der Waals surface area contributed by atoms with Crippen molar-refractivity contribution >= 4 is 62.9 Å². The molecule has 0 aliphatic heterocycles. The molecule has 156 valence electrons. The fraction of sp³-hybridized carbons (Fsp3) is 0. The fourth-order valence-electron chi connectivity index (χ4n) is 2.75. The van der Waals surface area contributed by atoms with Crippen molar-refractivity contribution in [1.29, 1.82) is 0 Å². The maximum atomic E-state index is 13.9. The number of hydrogen-bond donors (Lipinski definition) is 2. The Labute approximate surface area is 183 Å². The van der Waals surface area contributed by atoms with Crippen LogP contribution in [0.5, 0.6) is 0 Å². The van der Waals surface area contributed by atoms with Crippen LogP contribution in [0.15, 0.2) is 54.6 Å². The van der Waals surface area contributed by atoms with Gasteiger partial charge >= 0.3 is 0 Å². The van der Waals surface area contributed by atoms with Crippen LogP contribution in [0.1, 0.15) is 0 Å². The number of anilines is 4. The highest BCUT2D eigenvalue weighted by molar-refractivity contribution is 6.31. The summed E-state index contributed by atoms with van der Waals surface area (Å²) in [7, 11) is 0. The highest BCUT2D eigenvalue weighted by atomic mass is 35.5. The Hall–Kier alpha value is -3.56. The predicted molar refractivity (Wildman–Crippen MR) is 116 cm³/mol. The highest BCUT2D eigenvalue weighted by Gasteiger charge is 2.15. The van der Waals surface area contributed by atoms with Crippen molar-refractivity contribution in [3.05, 3.63) is 86.4 Å². The number of hydrogen-bond acceptors (Lipinski definition) is 6. The third-order valence-electron chi connectivity index (χ3n) is 4.22. The molecular weight excluding hydrogens is 451 g/mol. The van der Waals surface area contributed by atoms with Crippen molar-refractivity contribution in [3.8, 4) is 0 Å². The summed E-state index contributed by atoms with van der Waals surface area (Å²) in [4.78, 5) is 19.3. The Morgan fingerprint density at radius 3 is 1.77 bits per heavy atom. The van der Waals surface area contributed by atoms with Crippen molar-refractivity contribution in [2.75, 3.05) is 10.6 Å². The summed E-state index contributed by atoms with van der Waals surface area (Å²) in [6.45, 7) is 0. The van der Waals surface area contributed by atoms with Crippen LogP contribution in [0.3, 0.4) is 0 Å². The lowest BCUT2D eigenvalue weighted by atomic mass is 10.2. The second-order valence-electron chi connectivity index (χ2n) is 6.36. The zero-order valence-electron chi connectivity index (χ0n) is 15.4. The Balaban J connectivity index is 1.81. The van der Waals surface area contributed by atoms with E-state index in [0.29, 0.717) is 16.9 Å². The number of nitro benzene ring substituents is 1. The van der Waals surface area contributed by atoms with Gasteiger partial charge < -0.3 is 10.6 Å². The average molecular weight is 462 g/mol. The summed E-state index contributed by atoms with van der Waals surface area (Å²) in [5.41, 5.74) is 1.08. The molecule has 31 heavy (non-hydrogen) atoms. The van der Waals surface area contributed by atoms with Gasteiger partial charge in [0.15, 0.2) is 11.6 Å². The van der Waals surface area contributed by atoms with E-state index in [2.05, 4.69) is 20.6 Å². The van der Waals surface area contributed by atoms with Crippen LogP contribution in [0.4, 0.5) is 37.5 Å². The molecule has 0 spiro atoms. The van der Waals surface area contributed by atoms with Crippen molar-refractivity contribution in [2.24, 2.45) is 0 Å². The first-order chi connectivity index (χ1) is 14.8. The summed E-state index contributed by atoms with van der Waals surface area (Å²) in [6, 6.07) is 12.1. The van der Waals surface area contributed by atoms with Gasteiger partial charge in [-0.1, -0.05) is 23.2 Å². The molecule has 7 nitrogen and oxygen atoms in total. The minimum atomic E-state index is -0.648. The first kappa shape index (κ1) is 20.7. The number of benzene rings is 3. The van der Waals surface area contributed by atoms with Crippen molar-refractivity contribution < 1.29 is 13.7 Å². The molecule has 0 unspecified atom stereocenters. The Morgan fingerprint density at radius 1 is 0.774 bits per heavy atom. The van der Waals surface area contributed by atoms with Crippen LogP contribution in [0, 0.1) is 21.7 Å². The summed E-state index contributed by atoms with van der Waals surface area (Å²) >= 11 is 11.4. The maximum absolute atomic E-state index is 13.9. The van der Waals surface area contributed by atoms with Gasteiger partial charge in [0.05, 0.1) is 26.0 Å². The number of halogens is 4. The summed E-state index contributed by atoms with van der Waals surface area (Å²) < 4.78 is 27.7. The van der Waals surface area contributed by atoms with Gasteiger partial charge in [-0.2, -0.15) is 0 Å². The number of nitrogens with zero attached hydrogens (tertiary/aromatic N) is 3. The molecule has 0 saturated heterocycles. The minimum absolute atomic E-state index is 0.0440. The van der Waals surface area contributed by atoms with Gasteiger partial charge in [0.25, 0.3) is 5.69 Å². The molecule has 0 amide bonds. The number of fused-ring (bicyclic) bond motifs is 1. The Morgan fingerprint density at radius 2 is 1.29 bits per heavy atom. The Bertz CT molecular complexity index is 1340. The smallest absolute Gasteiger partial charge is 0.271 e. The number of nitrogens with one attached hydrogen (secondary N) is 2. The van der Waals surface area contributed by atoms with Crippen LogP contribution >= 0.6 is 23.2 Å². The third kappa shape index (κ3) is 4.47. The van der Waals surface area contributed by atoms with Gasteiger partial charge in [-0.05, 0) is 42.5 Å². The van der Waals surface area contributed by atoms with E-state index in [9.17, 15) is 18.9 Å². The molecular formula is C20H11Cl2F2N5O2. The van der Waals surface area contributed by atoms with Gasteiger partial charge in [0.2, 0.25) is 0 Å². The van der Waals surface area contributed by atoms with E-state index in [1.165, 1.54) is 42.5 Å². The number of aromatic nitrogens is 2. The van der Waals surface area contributed by atoms with Crippen LogP contribution in [-0.4, -0.2) is 14.9 Å². The van der Waals surface area contributed by atoms with E-state index in [1.807, 2.05) is 0 Å². The molecule has 4 aromatic rings. The molecule has 0 radical (unpaired) electrons. The standard InChI is InChI=1S/C20H11Cl2F2N5O2/c21-13-4-1-10(7-15(13)23)25-19-20(26-11-2-5-14(22)16(24)8-11)28-18-9-12(29(30)31)3-6-17(18)27-19/h1-9H,(H,25,27)(H,26,28). The molecule has 0 fully saturated rings. The van der Waals surface area contributed by atoms with Crippen molar-refractivity contribution in [2.45, 2.75) is 0 Å². The van der Waals surface area contributed by atoms with E-state index in [0.717, 1.165) is 6.07 Å². The largest absolute Gasteiger partial charge is 0.337 e. The highest BCUT2D eigenvalue weighted by Crippen LogP contribution is 2.31. The van der Waals surface area contributed by atoms with Crippen molar-refractivity contribution in [3.63, 3.8) is 0 Å². The van der Waals surface area contributed by atoms with E-state index < -0.39 is 16.6 Å². The van der Waals surface area contributed by atoms with Gasteiger partial charge in [-0.3, -0.25) is 10.1 Å². The van der Waals surface area contributed by atoms with Crippen molar-refractivity contribution in [1.82, 2.24) is 9.97 Å². The molecule has 0 atom stereocenters.